The van der Waals surface area contributed by atoms with E-state index >= 15 is 0 Å². The molecule has 0 radical (unpaired) electrons. The zero-order valence-electron chi connectivity index (χ0n) is 18.9. The number of unbranched alkanes of at least 4 members (excludes halogenated alkanes) is 10. The number of rotatable bonds is 15. The van der Waals surface area contributed by atoms with Gasteiger partial charge >= 0.3 is 0 Å². The summed E-state index contributed by atoms with van der Waals surface area (Å²) in [6.45, 7) is 7.32. The van der Waals surface area contributed by atoms with E-state index in [0.29, 0.717) is 5.92 Å². The average molecular weight is 518 g/mol. The first-order valence-corrected chi connectivity index (χ1v) is 12.1. The van der Waals surface area contributed by atoms with Crippen molar-refractivity contribution in [2.24, 2.45) is 5.92 Å². The molecule has 0 atom stereocenters. The maximum atomic E-state index is 6.02. The predicted molar refractivity (Wildman–Crippen MR) is 116 cm³/mol. The van der Waals surface area contributed by atoms with Gasteiger partial charge in [-0.3, -0.25) is 0 Å². The van der Waals surface area contributed by atoms with Crippen LogP contribution in [0.2, 0.25) is 0 Å². The monoisotopic (exact) mass is 517 g/mol. The van der Waals surface area contributed by atoms with Crippen LogP contribution in [0.1, 0.15) is 109 Å². The second-order valence-electron chi connectivity index (χ2n) is 8.56. The molecule has 29 heavy (non-hydrogen) atoms. The number of hydrogen-bond donors (Lipinski definition) is 0. The van der Waals surface area contributed by atoms with E-state index in [2.05, 4.69) is 42.9 Å². The van der Waals surface area contributed by atoms with Crippen molar-refractivity contribution in [2.75, 3.05) is 13.2 Å². The number of aromatic nitrogens is 1. The fraction of sp³-hybridized carbons (Fsp3) is 0.800. The zero-order valence-corrected chi connectivity index (χ0v) is 21.1. The first kappa shape index (κ1) is 26.8. The van der Waals surface area contributed by atoms with Crippen LogP contribution < -0.4 is 28.5 Å². The molecular formula is C25H44INO2. The Hall–Kier alpha value is -0.200. The molecule has 0 unspecified atom stereocenters. The number of halogens is 1. The lowest BCUT2D eigenvalue weighted by Gasteiger charge is -2.29. The summed E-state index contributed by atoms with van der Waals surface area (Å²) in [7, 11) is 0. The quantitative estimate of drug-likeness (QED) is 0.201. The zero-order chi connectivity index (χ0) is 19.9. The third-order valence-electron chi connectivity index (χ3n) is 5.89. The largest absolute Gasteiger partial charge is 1.00 e. The highest BCUT2D eigenvalue weighted by Crippen LogP contribution is 2.26. The molecule has 1 fully saturated rings. The average Bonchev–Trinajstić information content (AvgIpc) is 2.74. The lowest BCUT2D eigenvalue weighted by atomic mass is 10.0. The van der Waals surface area contributed by atoms with E-state index in [1.165, 1.54) is 83.5 Å². The Morgan fingerprint density at radius 1 is 0.759 bits per heavy atom. The fourth-order valence-electron chi connectivity index (χ4n) is 3.97. The molecule has 0 N–H and O–H groups in total. The first-order valence-electron chi connectivity index (χ1n) is 12.1. The SMILES string of the molecule is CCCCCCCCCCC1COC(c2cc[n+](CCCCCC)cc2)OC1.[I-]. The van der Waals surface area contributed by atoms with Gasteiger partial charge < -0.3 is 33.5 Å². The molecule has 168 valence electrons. The van der Waals surface area contributed by atoms with Gasteiger partial charge in [0, 0.05) is 30.0 Å². The topological polar surface area (TPSA) is 22.3 Å². The highest BCUT2D eigenvalue weighted by Gasteiger charge is 2.23. The van der Waals surface area contributed by atoms with Crippen LogP contribution in [0, 0.1) is 5.92 Å². The summed E-state index contributed by atoms with van der Waals surface area (Å²) in [4.78, 5) is 0. The van der Waals surface area contributed by atoms with Crippen LogP contribution >= 0.6 is 0 Å². The Bertz CT molecular complexity index is 486. The summed E-state index contributed by atoms with van der Waals surface area (Å²) >= 11 is 0. The Labute approximate surface area is 197 Å². The molecule has 1 saturated heterocycles. The standard InChI is InChI=1S/C25H44NO2.HI/c1-3-5-7-9-10-11-12-13-15-23-21-27-25(28-22-23)24-16-19-26(20-17-24)18-14-8-6-4-2;/h16-17,19-20,23,25H,3-15,18,21-22H2,1-2H3;1H/q+1;/p-1. The van der Waals surface area contributed by atoms with E-state index < -0.39 is 0 Å². The number of pyridine rings is 1. The van der Waals surface area contributed by atoms with E-state index in [9.17, 15) is 0 Å². The van der Waals surface area contributed by atoms with Gasteiger partial charge in [-0.15, -0.1) is 0 Å². The minimum atomic E-state index is -0.176. The molecule has 0 amide bonds. The van der Waals surface area contributed by atoms with E-state index in [0.717, 1.165) is 25.3 Å². The van der Waals surface area contributed by atoms with Gasteiger partial charge in [-0.05, 0) is 12.8 Å². The molecular weight excluding hydrogens is 473 g/mol. The lowest BCUT2D eigenvalue weighted by Crippen LogP contribution is -3.00. The van der Waals surface area contributed by atoms with Crippen LogP contribution in [0.5, 0.6) is 0 Å². The van der Waals surface area contributed by atoms with Gasteiger partial charge in [-0.1, -0.05) is 78.1 Å². The molecule has 1 aliphatic heterocycles. The van der Waals surface area contributed by atoms with Crippen LogP contribution in [0.15, 0.2) is 24.5 Å². The number of ether oxygens (including phenoxy) is 2. The molecule has 0 aromatic carbocycles. The predicted octanol–water partition coefficient (Wildman–Crippen LogP) is 3.75. The van der Waals surface area contributed by atoms with Gasteiger partial charge in [-0.25, -0.2) is 4.57 Å². The molecule has 0 bridgehead atoms. The molecule has 1 aliphatic rings. The van der Waals surface area contributed by atoms with Gasteiger partial charge in [0.05, 0.1) is 13.2 Å². The summed E-state index contributed by atoms with van der Waals surface area (Å²) in [5.74, 6) is 0.573. The van der Waals surface area contributed by atoms with Gasteiger partial charge in [0.2, 0.25) is 0 Å². The molecule has 0 saturated carbocycles. The number of nitrogens with zero attached hydrogens (tertiary/aromatic N) is 1. The van der Waals surface area contributed by atoms with Crippen molar-refractivity contribution in [1.29, 1.82) is 0 Å². The summed E-state index contributed by atoms with van der Waals surface area (Å²) in [6.07, 6.45) is 21.7. The molecule has 0 spiro atoms. The van der Waals surface area contributed by atoms with Gasteiger partial charge in [0.15, 0.2) is 18.7 Å². The van der Waals surface area contributed by atoms with E-state index in [1.54, 1.807) is 0 Å². The molecule has 1 aromatic heterocycles. The minimum absolute atomic E-state index is 0. The molecule has 2 heterocycles. The molecule has 3 nitrogen and oxygen atoms in total. The number of aryl methyl sites for hydroxylation is 1. The summed E-state index contributed by atoms with van der Waals surface area (Å²) in [5.41, 5.74) is 1.15. The highest BCUT2D eigenvalue weighted by atomic mass is 127. The summed E-state index contributed by atoms with van der Waals surface area (Å²) < 4.78 is 14.3. The molecule has 1 aromatic rings. The van der Waals surface area contributed by atoms with Crippen molar-refractivity contribution in [2.45, 2.75) is 110 Å². The molecule has 4 heteroatoms. The van der Waals surface area contributed by atoms with Crippen molar-refractivity contribution in [3.8, 4) is 0 Å². The van der Waals surface area contributed by atoms with Crippen LogP contribution in [0.25, 0.3) is 0 Å². The van der Waals surface area contributed by atoms with Crippen LogP contribution in [0.3, 0.4) is 0 Å². The lowest BCUT2D eigenvalue weighted by molar-refractivity contribution is -0.697. The second kappa shape index (κ2) is 17.5. The van der Waals surface area contributed by atoms with Crippen molar-refractivity contribution >= 4 is 0 Å². The Morgan fingerprint density at radius 3 is 1.86 bits per heavy atom. The fourth-order valence-corrected chi connectivity index (χ4v) is 3.97. The summed E-state index contributed by atoms with van der Waals surface area (Å²) in [5, 5.41) is 0. The second-order valence-corrected chi connectivity index (χ2v) is 8.56. The molecule has 2 rings (SSSR count). The van der Waals surface area contributed by atoms with Crippen LogP contribution in [0.4, 0.5) is 0 Å². The normalized spacial score (nSPS) is 19.1. The minimum Gasteiger partial charge on any atom is -1.00 e. The maximum Gasteiger partial charge on any atom is 0.184 e. The van der Waals surface area contributed by atoms with Gasteiger partial charge in [-0.2, -0.15) is 0 Å². The van der Waals surface area contributed by atoms with E-state index in [-0.39, 0.29) is 30.3 Å². The number of hydrogen-bond acceptors (Lipinski definition) is 2. The summed E-state index contributed by atoms with van der Waals surface area (Å²) in [6, 6.07) is 4.31. The van der Waals surface area contributed by atoms with Crippen molar-refractivity contribution in [3.63, 3.8) is 0 Å². The third-order valence-corrected chi connectivity index (χ3v) is 5.89. The van der Waals surface area contributed by atoms with Gasteiger partial charge in [0.1, 0.15) is 6.54 Å². The van der Waals surface area contributed by atoms with Crippen molar-refractivity contribution < 1.29 is 38.0 Å². The Balaban J connectivity index is 0.00000420. The third kappa shape index (κ3) is 11.7. The van der Waals surface area contributed by atoms with Crippen molar-refractivity contribution in [3.05, 3.63) is 30.1 Å². The smallest absolute Gasteiger partial charge is 0.184 e. The van der Waals surface area contributed by atoms with Crippen LogP contribution in [-0.4, -0.2) is 13.2 Å². The Morgan fingerprint density at radius 2 is 1.28 bits per heavy atom. The van der Waals surface area contributed by atoms with Crippen molar-refractivity contribution in [1.82, 2.24) is 0 Å². The van der Waals surface area contributed by atoms with E-state index in [4.69, 9.17) is 9.47 Å². The highest BCUT2D eigenvalue weighted by molar-refractivity contribution is 5.09. The van der Waals surface area contributed by atoms with E-state index in [1.807, 2.05) is 0 Å². The van der Waals surface area contributed by atoms with Crippen LogP contribution in [-0.2, 0) is 16.0 Å². The first-order chi connectivity index (χ1) is 13.8. The maximum absolute atomic E-state index is 6.02. The molecule has 0 aliphatic carbocycles. The van der Waals surface area contributed by atoms with Gasteiger partial charge in [0.25, 0.3) is 0 Å². The Kier molecular flexibility index (Phi) is 16.2.